The van der Waals surface area contributed by atoms with Gasteiger partial charge in [-0.2, -0.15) is 0 Å². The summed E-state index contributed by atoms with van der Waals surface area (Å²) in [6, 6.07) is 16.4. The Bertz CT molecular complexity index is 989. The van der Waals surface area contributed by atoms with Crippen molar-refractivity contribution in [3.63, 3.8) is 0 Å². The number of Topliss-reactive ketones (excluding diaryl/α,β-unsaturated/α-hetero) is 1. The minimum Gasteiger partial charge on any atom is -0.457 e. The third-order valence-corrected chi connectivity index (χ3v) is 5.33. The molecular formula is C19H10Cl2O2S. The number of halogens is 2. The van der Waals surface area contributed by atoms with E-state index in [-0.39, 0.29) is 5.78 Å². The van der Waals surface area contributed by atoms with Crippen molar-refractivity contribution in [2.45, 2.75) is 4.90 Å². The molecule has 24 heavy (non-hydrogen) atoms. The fraction of sp³-hybridized carbons (Fsp3) is 0. The van der Waals surface area contributed by atoms with Crippen LogP contribution in [0.4, 0.5) is 0 Å². The standard InChI is InChI=1S/C19H10Cl2O2S/c20-11-5-7-15(21)14(9-11)16-8-6-12(23-16)10-18-19(22)13-3-1-2-4-17(13)24-18/h1-10H/b18-10-. The van der Waals surface area contributed by atoms with Crippen molar-refractivity contribution >= 4 is 46.8 Å². The van der Waals surface area contributed by atoms with E-state index in [0.717, 1.165) is 16.0 Å². The number of allylic oxidation sites excluding steroid dienone is 1. The molecule has 2 nitrogen and oxygen atoms in total. The highest BCUT2D eigenvalue weighted by Gasteiger charge is 2.25. The molecular weight excluding hydrogens is 363 g/mol. The second-order valence-electron chi connectivity index (χ2n) is 5.26. The van der Waals surface area contributed by atoms with Gasteiger partial charge in [0.05, 0.1) is 9.93 Å². The van der Waals surface area contributed by atoms with E-state index in [4.69, 9.17) is 27.6 Å². The van der Waals surface area contributed by atoms with Gasteiger partial charge in [0.2, 0.25) is 5.78 Å². The molecule has 5 heteroatoms. The second kappa shape index (κ2) is 6.17. The highest BCUT2D eigenvalue weighted by molar-refractivity contribution is 8.04. The molecule has 3 aromatic rings. The van der Waals surface area contributed by atoms with Gasteiger partial charge in [-0.1, -0.05) is 47.1 Å². The zero-order chi connectivity index (χ0) is 16.7. The van der Waals surface area contributed by atoms with Crippen LogP contribution in [-0.4, -0.2) is 5.78 Å². The lowest BCUT2D eigenvalue weighted by Gasteiger charge is -2.01. The average Bonchev–Trinajstić information content (AvgIpc) is 3.16. The SMILES string of the molecule is O=C1/C(=C/c2ccc(-c3cc(Cl)ccc3Cl)o2)Sc2ccccc21. The van der Waals surface area contributed by atoms with Crippen LogP contribution < -0.4 is 0 Å². The summed E-state index contributed by atoms with van der Waals surface area (Å²) >= 11 is 13.7. The molecule has 0 unspecified atom stereocenters. The fourth-order valence-electron chi connectivity index (χ4n) is 2.53. The van der Waals surface area contributed by atoms with Crippen molar-refractivity contribution in [3.8, 4) is 11.3 Å². The first-order valence-electron chi connectivity index (χ1n) is 7.20. The van der Waals surface area contributed by atoms with Gasteiger partial charge in [-0.25, -0.2) is 0 Å². The van der Waals surface area contributed by atoms with Gasteiger partial charge in [0, 0.05) is 21.0 Å². The third kappa shape index (κ3) is 2.80. The lowest BCUT2D eigenvalue weighted by molar-refractivity contribution is 0.104. The van der Waals surface area contributed by atoms with Crippen LogP contribution in [0.5, 0.6) is 0 Å². The molecule has 0 atom stereocenters. The van der Waals surface area contributed by atoms with E-state index >= 15 is 0 Å². The lowest BCUT2D eigenvalue weighted by Crippen LogP contribution is -1.93. The maximum absolute atomic E-state index is 12.4. The monoisotopic (exact) mass is 372 g/mol. The zero-order valence-electron chi connectivity index (χ0n) is 12.3. The number of fused-ring (bicyclic) bond motifs is 1. The predicted octanol–water partition coefficient (Wildman–Crippen LogP) is 6.58. The molecule has 0 saturated heterocycles. The molecule has 0 fully saturated rings. The number of thioether (sulfide) groups is 1. The largest absolute Gasteiger partial charge is 0.457 e. The van der Waals surface area contributed by atoms with Crippen LogP contribution in [0.3, 0.4) is 0 Å². The Morgan fingerprint density at radius 1 is 0.958 bits per heavy atom. The number of furan rings is 1. The lowest BCUT2D eigenvalue weighted by atomic mass is 10.1. The Morgan fingerprint density at radius 2 is 1.79 bits per heavy atom. The number of carbonyl (C=O) groups excluding carboxylic acids is 1. The maximum atomic E-state index is 12.4. The number of rotatable bonds is 2. The molecule has 1 aromatic heterocycles. The molecule has 2 aromatic carbocycles. The summed E-state index contributed by atoms with van der Waals surface area (Å²) in [5.41, 5.74) is 1.46. The van der Waals surface area contributed by atoms with Crippen molar-refractivity contribution < 1.29 is 9.21 Å². The highest BCUT2D eigenvalue weighted by Crippen LogP contribution is 2.41. The Balaban J connectivity index is 1.67. The van der Waals surface area contributed by atoms with Crippen LogP contribution >= 0.6 is 35.0 Å². The van der Waals surface area contributed by atoms with Gasteiger partial charge in [0.1, 0.15) is 11.5 Å². The van der Waals surface area contributed by atoms with Crippen LogP contribution in [0.15, 0.2) is 68.8 Å². The zero-order valence-corrected chi connectivity index (χ0v) is 14.6. The van der Waals surface area contributed by atoms with Gasteiger partial charge in [-0.15, -0.1) is 0 Å². The average molecular weight is 373 g/mol. The molecule has 0 amide bonds. The Morgan fingerprint density at radius 3 is 2.62 bits per heavy atom. The van der Waals surface area contributed by atoms with E-state index in [0.29, 0.717) is 26.5 Å². The van der Waals surface area contributed by atoms with Crippen LogP contribution in [-0.2, 0) is 0 Å². The quantitative estimate of drug-likeness (QED) is 0.475. The summed E-state index contributed by atoms with van der Waals surface area (Å²) < 4.78 is 5.83. The first-order valence-corrected chi connectivity index (χ1v) is 8.77. The molecule has 118 valence electrons. The Hall–Kier alpha value is -1.94. The topological polar surface area (TPSA) is 30.2 Å². The number of ketones is 1. The van der Waals surface area contributed by atoms with Gasteiger partial charge in [-0.3, -0.25) is 4.79 Å². The Labute approximate surface area is 153 Å². The van der Waals surface area contributed by atoms with E-state index < -0.39 is 0 Å². The molecule has 0 spiro atoms. The van der Waals surface area contributed by atoms with Gasteiger partial charge in [0.25, 0.3) is 0 Å². The molecule has 0 radical (unpaired) electrons. The van der Waals surface area contributed by atoms with Crippen molar-refractivity contribution in [3.05, 3.63) is 80.9 Å². The second-order valence-corrected chi connectivity index (χ2v) is 7.19. The van der Waals surface area contributed by atoms with E-state index in [9.17, 15) is 4.79 Å². The van der Waals surface area contributed by atoms with Crippen molar-refractivity contribution in [2.24, 2.45) is 0 Å². The molecule has 2 heterocycles. The molecule has 0 aliphatic carbocycles. The van der Waals surface area contributed by atoms with Crippen LogP contribution in [0, 0.1) is 0 Å². The predicted molar refractivity (Wildman–Crippen MR) is 98.8 cm³/mol. The van der Waals surface area contributed by atoms with Crippen molar-refractivity contribution in [2.75, 3.05) is 0 Å². The number of carbonyl (C=O) groups is 1. The number of benzene rings is 2. The third-order valence-electron chi connectivity index (χ3n) is 3.67. The summed E-state index contributed by atoms with van der Waals surface area (Å²) in [5, 5.41) is 1.15. The number of hydrogen-bond donors (Lipinski definition) is 0. The van der Waals surface area contributed by atoms with Crippen LogP contribution in [0.1, 0.15) is 16.1 Å². The Kier molecular flexibility index (Phi) is 4.01. The molecule has 4 rings (SSSR count). The summed E-state index contributed by atoms with van der Waals surface area (Å²) in [5.74, 6) is 1.24. The molecule has 0 bridgehead atoms. The molecule has 0 N–H and O–H groups in total. The van der Waals surface area contributed by atoms with Gasteiger partial charge in [0.15, 0.2) is 0 Å². The fourth-order valence-corrected chi connectivity index (χ4v) is 3.94. The van der Waals surface area contributed by atoms with Crippen molar-refractivity contribution in [1.29, 1.82) is 0 Å². The minimum atomic E-state index is 0.0225. The van der Waals surface area contributed by atoms with Crippen molar-refractivity contribution in [1.82, 2.24) is 0 Å². The van der Waals surface area contributed by atoms with Gasteiger partial charge >= 0.3 is 0 Å². The first kappa shape index (κ1) is 15.6. The summed E-state index contributed by atoms with van der Waals surface area (Å²) in [4.78, 5) is 14.0. The summed E-state index contributed by atoms with van der Waals surface area (Å²) in [6.45, 7) is 0. The molecule has 0 saturated carbocycles. The first-order chi connectivity index (χ1) is 11.6. The summed E-state index contributed by atoms with van der Waals surface area (Å²) in [7, 11) is 0. The molecule has 1 aliphatic rings. The molecule has 1 aliphatic heterocycles. The number of hydrogen-bond acceptors (Lipinski definition) is 3. The van der Waals surface area contributed by atoms with Crippen LogP contribution in [0.25, 0.3) is 17.4 Å². The van der Waals surface area contributed by atoms with E-state index in [1.165, 1.54) is 11.8 Å². The van der Waals surface area contributed by atoms with Gasteiger partial charge in [-0.05, 0) is 48.5 Å². The van der Waals surface area contributed by atoms with E-state index in [1.807, 2.05) is 36.4 Å². The smallest absolute Gasteiger partial charge is 0.200 e. The normalized spacial score (nSPS) is 15.1. The maximum Gasteiger partial charge on any atom is 0.200 e. The van der Waals surface area contributed by atoms with E-state index in [1.54, 1.807) is 24.3 Å². The summed E-state index contributed by atoms with van der Waals surface area (Å²) in [6.07, 6.45) is 1.76. The van der Waals surface area contributed by atoms with Crippen LogP contribution in [0.2, 0.25) is 10.0 Å². The van der Waals surface area contributed by atoms with E-state index in [2.05, 4.69) is 0 Å². The minimum absolute atomic E-state index is 0.0225. The highest BCUT2D eigenvalue weighted by atomic mass is 35.5. The van der Waals surface area contributed by atoms with Gasteiger partial charge < -0.3 is 4.42 Å².